The van der Waals surface area contributed by atoms with Crippen molar-refractivity contribution in [2.24, 2.45) is 5.92 Å². The second-order valence-electron chi connectivity index (χ2n) is 5.90. The van der Waals surface area contributed by atoms with Crippen molar-refractivity contribution in [1.29, 1.82) is 5.26 Å². The van der Waals surface area contributed by atoms with Gasteiger partial charge in [-0.05, 0) is 18.1 Å². The van der Waals surface area contributed by atoms with Crippen molar-refractivity contribution in [3.63, 3.8) is 0 Å². The Labute approximate surface area is 119 Å². The number of nitrogens with zero attached hydrogens (tertiary/aromatic N) is 2. The lowest BCUT2D eigenvalue weighted by Crippen LogP contribution is -2.64. The zero-order valence-electron chi connectivity index (χ0n) is 11.8. The molecule has 0 bridgehead atoms. The van der Waals surface area contributed by atoms with Gasteiger partial charge < -0.3 is 10.0 Å². The molecular formula is C17H18N2O. The van der Waals surface area contributed by atoms with Gasteiger partial charge in [-0.15, -0.1) is 0 Å². The van der Waals surface area contributed by atoms with Crippen LogP contribution in [0.5, 0.6) is 0 Å². The monoisotopic (exact) mass is 266 g/mol. The Morgan fingerprint density at radius 3 is 2.40 bits per heavy atom. The van der Waals surface area contributed by atoms with Gasteiger partial charge in [-0.3, -0.25) is 0 Å². The fourth-order valence-corrected chi connectivity index (χ4v) is 2.81. The molecule has 1 aliphatic heterocycles. The molecule has 20 heavy (non-hydrogen) atoms. The van der Waals surface area contributed by atoms with E-state index in [9.17, 15) is 10.4 Å². The van der Waals surface area contributed by atoms with E-state index in [-0.39, 0.29) is 5.92 Å². The molecule has 1 N–H and O–H groups in total. The molecule has 1 heterocycles. The molecule has 0 atom stereocenters. The van der Waals surface area contributed by atoms with E-state index in [2.05, 4.69) is 11.0 Å². The van der Waals surface area contributed by atoms with Crippen LogP contribution in [0.1, 0.15) is 19.4 Å². The minimum Gasteiger partial charge on any atom is -0.386 e. The first-order chi connectivity index (χ1) is 9.55. The van der Waals surface area contributed by atoms with Crippen LogP contribution in [0.4, 0.5) is 5.69 Å². The third-order valence-corrected chi connectivity index (χ3v) is 4.37. The molecule has 3 heteroatoms. The number of nitriles is 1. The van der Waals surface area contributed by atoms with Crippen molar-refractivity contribution in [1.82, 2.24) is 0 Å². The number of hydrogen-bond donors (Lipinski definition) is 1. The van der Waals surface area contributed by atoms with Crippen LogP contribution in [0.15, 0.2) is 36.4 Å². The molecule has 0 saturated carbocycles. The smallest absolute Gasteiger partial charge is 0.102 e. The summed E-state index contributed by atoms with van der Waals surface area (Å²) in [6.45, 7) is 5.41. The lowest BCUT2D eigenvalue weighted by atomic mass is 9.82. The number of fused-ring (bicyclic) bond motifs is 1. The van der Waals surface area contributed by atoms with Crippen LogP contribution in [0, 0.1) is 17.2 Å². The zero-order valence-corrected chi connectivity index (χ0v) is 11.8. The van der Waals surface area contributed by atoms with Gasteiger partial charge in [-0.25, -0.2) is 0 Å². The number of rotatable bonds is 2. The summed E-state index contributed by atoms with van der Waals surface area (Å²) in [5.74, 6) is 0.253. The molecule has 0 amide bonds. The summed E-state index contributed by atoms with van der Waals surface area (Å²) in [6, 6.07) is 14.0. The molecule has 0 radical (unpaired) electrons. The second-order valence-corrected chi connectivity index (χ2v) is 5.90. The molecular weight excluding hydrogens is 248 g/mol. The van der Waals surface area contributed by atoms with Gasteiger partial charge in [0.2, 0.25) is 0 Å². The van der Waals surface area contributed by atoms with Gasteiger partial charge in [0.05, 0.1) is 11.6 Å². The molecule has 102 valence electrons. The highest BCUT2D eigenvalue weighted by Gasteiger charge is 2.44. The van der Waals surface area contributed by atoms with Crippen molar-refractivity contribution in [2.45, 2.75) is 19.4 Å². The summed E-state index contributed by atoms with van der Waals surface area (Å²) in [5, 5.41) is 21.6. The van der Waals surface area contributed by atoms with Gasteiger partial charge in [0.1, 0.15) is 5.60 Å². The maximum atomic E-state index is 10.4. The Balaban J connectivity index is 2.01. The third-order valence-electron chi connectivity index (χ3n) is 4.37. The molecule has 3 rings (SSSR count). The van der Waals surface area contributed by atoms with E-state index in [1.807, 2.05) is 50.2 Å². The highest BCUT2D eigenvalue weighted by Crippen LogP contribution is 2.37. The molecule has 0 unspecified atom stereocenters. The largest absolute Gasteiger partial charge is 0.386 e. The number of hydrogen-bond acceptors (Lipinski definition) is 3. The number of anilines is 1. The fourth-order valence-electron chi connectivity index (χ4n) is 2.81. The average Bonchev–Trinajstić information content (AvgIpc) is 2.42. The van der Waals surface area contributed by atoms with E-state index in [1.54, 1.807) is 0 Å². The zero-order chi connectivity index (χ0) is 14.3. The fraction of sp³-hybridized carbons (Fsp3) is 0.353. The predicted molar refractivity (Wildman–Crippen MR) is 80.7 cm³/mol. The van der Waals surface area contributed by atoms with Crippen molar-refractivity contribution in [2.75, 3.05) is 18.0 Å². The van der Waals surface area contributed by atoms with E-state index in [1.165, 1.54) is 0 Å². The van der Waals surface area contributed by atoms with Crippen molar-refractivity contribution in [3.05, 3.63) is 42.0 Å². The number of benzene rings is 2. The topological polar surface area (TPSA) is 47.3 Å². The van der Waals surface area contributed by atoms with Gasteiger partial charge >= 0.3 is 0 Å². The normalized spacial score (nSPS) is 17.1. The summed E-state index contributed by atoms with van der Waals surface area (Å²) in [5.41, 5.74) is 1.21. The minimum atomic E-state index is -0.588. The van der Waals surface area contributed by atoms with Gasteiger partial charge in [0.15, 0.2) is 0 Å². The first-order valence-electron chi connectivity index (χ1n) is 6.94. The van der Waals surface area contributed by atoms with E-state index in [4.69, 9.17) is 0 Å². The van der Waals surface area contributed by atoms with Crippen LogP contribution < -0.4 is 4.90 Å². The van der Waals surface area contributed by atoms with Gasteiger partial charge in [0, 0.05) is 29.5 Å². The molecule has 0 spiro atoms. The van der Waals surface area contributed by atoms with Crippen molar-refractivity contribution < 1.29 is 5.11 Å². The third kappa shape index (κ3) is 1.85. The Morgan fingerprint density at radius 1 is 1.15 bits per heavy atom. The SMILES string of the molecule is CC(C)C1(O)CN(c2ccc(C#N)c3ccccc23)C1. The average molecular weight is 266 g/mol. The van der Waals surface area contributed by atoms with Gasteiger partial charge in [0.25, 0.3) is 0 Å². The molecule has 3 nitrogen and oxygen atoms in total. The molecule has 2 aromatic rings. The van der Waals surface area contributed by atoms with Crippen molar-refractivity contribution >= 4 is 16.5 Å². The molecule has 1 aliphatic rings. The van der Waals surface area contributed by atoms with Gasteiger partial charge in [-0.1, -0.05) is 38.1 Å². The Morgan fingerprint density at radius 2 is 1.80 bits per heavy atom. The maximum Gasteiger partial charge on any atom is 0.102 e. The number of aliphatic hydroxyl groups is 1. The van der Waals surface area contributed by atoms with Crippen LogP contribution >= 0.6 is 0 Å². The molecule has 1 fully saturated rings. The van der Waals surface area contributed by atoms with E-state index in [0.29, 0.717) is 18.7 Å². The van der Waals surface area contributed by atoms with Gasteiger partial charge in [-0.2, -0.15) is 5.26 Å². The first-order valence-corrected chi connectivity index (χ1v) is 6.94. The van der Waals surface area contributed by atoms with Crippen LogP contribution in [-0.4, -0.2) is 23.8 Å². The maximum absolute atomic E-state index is 10.4. The Bertz CT molecular complexity index is 694. The molecule has 0 aromatic heterocycles. The highest BCUT2D eigenvalue weighted by atomic mass is 16.3. The summed E-state index contributed by atoms with van der Waals surface area (Å²) >= 11 is 0. The summed E-state index contributed by atoms with van der Waals surface area (Å²) in [7, 11) is 0. The predicted octanol–water partition coefficient (Wildman–Crippen LogP) is 2.92. The van der Waals surface area contributed by atoms with E-state index >= 15 is 0 Å². The number of β-amino-alcohol motifs (C(OH)–C–C–N with tert-alkyl or cyclic N) is 1. The second kappa shape index (κ2) is 4.50. The summed E-state index contributed by atoms with van der Waals surface area (Å²) in [6.07, 6.45) is 0. The van der Waals surface area contributed by atoms with Crippen LogP contribution in [0.25, 0.3) is 10.8 Å². The molecule has 0 aliphatic carbocycles. The Hall–Kier alpha value is -2.05. The lowest BCUT2D eigenvalue weighted by Gasteiger charge is -2.50. The Kier molecular flexibility index (Phi) is 2.92. The lowest BCUT2D eigenvalue weighted by molar-refractivity contribution is -0.0299. The van der Waals surface area contributed by atoms with Crippen LogP contribution in [0.3, 0.4) is 0 Å². The molecule has 1 saturated heterocycles. The quantitative estimate of drug-likeness (QED) is 0.909. The minimum absolute atomic E-state index is 0.253. The van der Waals surface area contributed by atoms with Crippen molar-refractivity contribution in [3.8, 4) is 6.07 Å². The summed E-state index contributed by atoms with van der Waals surface area (Å²) in [4.78, 5) is 2.18. The summed E-state index contributed by atoms with van der Waals surface area (Å²) < 4.78 is 0. The highest BCUT2D eigenvalue weighted by molar-refractivity contribution is 5.98. The van der Waals surface area contributed by atoms with Crippen LogP contribution in [-0.2, 0) is 0 Å². The van der Waals surface area contributed by atoms with Crippen LogP contribution in [0.2, 0.25) is 0 Å². The van der Waals surface area contributed by atoms with E-state index < -0.39 is 5.60 Å². The first kappa shape index (κ1) is 13.0. The van der Waals surface area contributed by atoms with E-state index in [0.717, 1.165) is 16.5 Å². The standard InChI is InChI=1S/C17H18N2O/c1-12(2)17(20)10-19(11-17)16-8-7-13(9-18)14-5-3-4-6-15(14)16/h3-8,12,20H,10-11H2,1-2H3. The molecule has 2 aromatic carbocycles.